The first-order valence-electron chi connectivity index (χ1n) is 7.82. The number of carboxylic acid groups (broad SMARTS) is 1. The third-order valence-corrected chi connectivity index (χ3v) is 4.75. The Morgan fingerprint density at radius 2 is 2.14 bits per heavy atom. The lowest BCUT2D eigenvalue weighted by Crippen LogP contribution is -2.33. The molecule has 0 amide bonds. The second-order valence-corrected chi connectivity index (χ2v) is 6.03. The molecule has 5 nitrogen and oxygen atoms in total. The number of aliphatic carboxylic acids is 1. The van der Waals surface area contributed by atoms with Crippen LogP contribution in [-0.2, 0) is 14.9 Å². The van der Waals surface area contributed by atoms with Crippen LogP contribution in [0.3, 0.4) is 0 Å². The van der Waals surface area contributed by atoms with Crippen LogP contribution in [0.25, 0.3) is 0 Å². The summed E-state index contributed by atoms with van der Waals surface area (Å²) in [5.41, 5.74) is -0.118. The Hall–Kier alpha value is -1.75. The molecule has 1 N–H and O–H groups in total. The Kier molecular flexibility index (Phi) is 4.25. The molecule has 1 atom stereocenters. The summed E-state index contributed by atoms with van der Waals surface area (Å²) in [6.07, 6.45) is 3.92. The largest absolute Gasteiger partial charge is 0.493 e. The van der Waals surface area contributed by atoms with Crippen LogP contribution in [0.15, 0.2) is 18.2 Å². The number of ether oxygens (including phenoxy) is 3. The number of para-hydroxylation sites is 1. The Morgan fingerprint density at radius 1 is 1.36 bits per heavy atom. The molecular formula is C17H22O5. The van der Waals surface area contributed by atoms with Gasteiger partial charge in [0.05, 0.1) is 25.7 Å². The van der Waals surface area contributed by atoms with Crippen LogP contribution < -0.4 is 9.47 Å². The molecular weight excluding hydrogens is 284 g/mol. The number of carbonyl (C=O) groups is 1. The van der Waals surface area contributed by atoms with E-state index in [0.29, 0.717) is 37.6 Å². The van der Waals surface area contributed by atoms with E-state index in [4.69, 9.17) is 14.2 Å². The summed E-state index contributed by atoms with van der Waals surface area (Å²) in [5, 5.41) is 9.85. The normalized spacial score (nSPS) is 23.4. The fraction of sp³-hybridized carbons (Fsp3) is 0.588. The number of carboxylic acids is 1. The van der Waals surface area contributed by atoms with Gasteiger partial charge >= 0.3 is 5.97 Å². The Bertz CT molecular complexity index is 542. The molecule has 1 aliphatic heterocycles. The van der Waals surface area contributed by atoms with Crippen molar-refractivity contribution in [2.24, 2.45) is 0 Å². The van der Waals surface area contributed by atoms with Crippen LogP contribution in [0.1, 0.15) is 37.7 Å². The highest BCUT2D eigenvalue weighted by atomic mass is 16.6. The maximum Gasteiger partial charge on any atom is 0.314 e. The molecule has 1 unspecified atom stereocenters. The summed E-state index contributed by atoms with van der Waals surface area (Å²) in [6, 6.07) is 5.53. The van der Waals surface area contributed by atoms with Crippen molar-refractivity contribution in [1.82, 2.24) is 0 Å². The number of hydrogen-bond acceptors (Lipinski definition) is 4. The summed E-state index contributed by atoms with van der Waals surface area (Å²) in [4.78, 5) is 12.0. The van der Waals surface area contributed by atoms with Crippen LogP contribution in [0.4, 0.5) is 0 Å². The Balaban J connectivity index is 2.03. The van der Waals surface area contributed by atoms with Crippen molar-refractivity contribution in [3.8, 4) is 11.5 Å². The standard InChI is InChI=1S/C17H22O5/c1-20-14-6-4-5-13(15(14)22-12-7-10-21-11-12)17(16(18)19)8-2-3-9-17/h4-6,12H,2-3,7-11H2,1H3,(H,18,19). The fourth-order valence-electron chi connectivity index (χ4n) is 3.52. The maximum absolute atomic E-state index is 12.0. The van der Waals surface area contributed by atoms with E-state index in [0.717, 1.165) is 24.8 Å². The first kappa shape index (κ1) is 15.2. The molecule has 0 spiro atoms. The third kappa shape index (κ3) is 2.54. The first-order chi connectivity index (χ1) is 10.7. The average Bonchev–Trinajstić information content (AvgIpc) is 3.19. The first-order valence-corrected chi connectivity index (χ1v) is 7.82. The van der Waals surface area contributed by atoms with Crippen molar-refractivity contribution >= 4 is 5.97 Å². The molecule has 1 aromatic rings. The average molecular weight is 306 g/mol. The van der Waals surface area contributed by atoms with Gasteiger partial charge < -0.3 is 19.3 Å². The molecule has 1 aromatic carbocycles. The predicted molar refractivity (Wildman–Crippen MR) is 80.6 cm³/mol. The molecule has 1 saturated heterocycles. The van der Waals surface area contributed by atoms with E-state index in [1.54, 1.807) is 7.11 Å². The molecule has 5 heteroatoms. The summed E-state index contributed by atoms with van der Waals surface area (Å²) >= 11 is 0. The van der Waals surface area contributed by atoms with E-state index in [9.17, 15) is 9.90 Å². The fourth-order valence-corrected chi connectivity index (χ4v) is 3.52. The van der Waals surface area contributed by atoms with Crippen molar-refractivity contribution < 1.29 is 24.1 Å². The topological polar surface area (TPSA) is 65.0 Å². The van der Waals surface area contributed by atoms with E-state index in [-0.39, 0.29) is 6.10 Å². The lowest BCUT2D eigenvalue weighted by atomic mass is 9.78. The SMILES string of the molecule is COc1cccc(C2(C(=O)O)CCCC2)c1OC1CCOC1. The molecule has 0 bridgehead atoms. The summed E-state index contributed by atoms with van der Waals surface area (Å²) in [6.45, 7) is 1.22. The quantitative estimate of drug-likeness (QED) is 0.906. The number of benzene rings is 1. The second-order valence-electron chi connectivity index (χ2n) is 6.03. The zero-order valence-electron chi connectivity index (χ0n) is 12.8. The third-order valence-electron chi connectivity index (χ3n) is 4.75. The zero-order valence-corrected chi connectivity index (χ0v) is 12.8. The van der Waals surface area contributed by atoms with Gasteiger partial charge in [-0.3, -0.25) is 4.79 Å². The molecule has 22 heavy (non-hydrogen) atoms. The Morgan fingerprint density at radius 3 is 2.73 bits per heavy atom. The van der Waals surface area contributed by atoms with E-state index in [1.807, 2.05) is 18.2 Å². The Labute approximate surface area is 130 Å². The van der Waals surface area contributed by atoms with Crippen molar-refractivity contribution in [3.05, 3.63) is 23.8 Å². The molecule has 120 valence electrons. The smallest absolute Gasteiger partial charge is 0.314 e. The predicted octanol–water partition coefficient (Wildman–Crippen LogP) is 2.76. The van der Waals surface area contributed by atoms with Crippen molar-refractivity contribution in [2.75, 3.05) is 20.3 Å². The highest BCUT2D eigenvalue weighted by Crippen LogP contribution is 2.48. The minimum absolute atomic E-state index is 0.0395. The molecule has 2 fully saturated rings. The van der Waals surface area contributed by atoms with Gasteiger partial charge in [0.2, 0.25) is 0 Å². The molecule has 0 aromatic heterocycles. The van der Waals surface area contributed by atoms with E-state index in [1.165, 1.54) is 0 Å². The molecule has 0 radical (unpaired) electrons. The molecule has 3 rings (SSSR count). The highest BCUT2D eigenvalue weighted by Gasteiger charge is 2.45. The minimum Gasteiger partial charge on any atom is -0.493 e. The zero-order chi connectivity index (χ0) is 15.6. The van der Waals surface area contributed by atoms with E-state index in [2.05, 4.69) is 0 Å². The maximum atomic E-state index is 12.0. The van der Waals surface area contributed by atoms with Gasteiger partial charge in [-0.05, 0) is 18.9 Å². The monoisotopic (exact) mass is 306 g/mol. The molecule has 1 heterocycles. The van der Waals surface area contributed by atoms with Gasteiger partial charge in [-0.1, -0.05) is 25.0 Å². The van der Waals surface area contributed by atoms with Gasteiger partial charge in [0.25, 0.3) is 0 Å². The van der Waals surface area contributed by atoms with Crippen LogP contribution >= 0.6 is 0 Å². The summed E-state index contributed by atoms with van der Waals surface area (Å²) in [7, 11) is 1.58. The van der Waals surface area contributed by atoms with Crippen LogP contribution in [0.2, 0.25) is 0 Å². The van der Waals surface area contributed by atoms with Crippen LogP contribution in [-0.4, -0.2) is 37.5 Å². The highest BCUT2D eigenvalue weighted by molar-refractivity contribution is 5.83. The number of hydrogen-bond donors (Lipinski definition) is 1. The number of methoxy groups -OCH3 is 1. The lowest BCUT2D eigenvalue weighted by molar-refractivity contribution is -0.143. The van der Waals surface area contributed by atoms with Gasteiger partial charge in [-0.25, -0.2) is 0 Å². The second kappa shape index (κ2) is 6.16. The summed E-state index contributed by atoms with van der Waals surface area (Å²) < 4.78 is 16.9. The van der Waals surface area contributed by atoms with Gasteiger partial charge in [-0.15, -0.1) is 0 Å². The van der Waals surface area contributed by atoms with Crippen molar-refractivity contribution in [2.45, 2.75) is 43.6 Å². The van der Waals surface area contributed by atoms with E-state index >= 15 is 0 Å². The summed E-state index contributed by atoms with van der Waals surface area (Å²) in [5.74, 6) is 0.396. The van der Waals surface area contributed by atoms with Gasteiger partial charge in [-0.2, -0.15) is 0 Å². The molecule has 2 aliphatic rings. The van der Waals surface area contributed by atoms with Crippen LogP contribution in [0, 0.1) is 0 Å². The number of rotatable bonds is 5. The van der Waals surface area contributed by atoms with E-state index < -0.39 is 11.4 Å². The van der Waals surface area contributed by atoms with Crippen LogP contribution in [0.5, 0.6) is 11.5 Å². The van der Waals surface area contributed by atoms with Gasteiger partial charge in [0, 0.05) is 12.0 Å². The van der Waals surface area contributed by atoms with Crippen molar-refractivity contribution in [1.29, 1.82) is 0 Å². The van der Waals surface area contributed by atoms with Gasteiger partial charge in [0.15, 0.2) is 11.5 Å². The molecule has 1 aliphatic carbocycles. The minimum atomic E-state index is -0.858. The lowest BCUT2D eigenvalue weighted by Gasteiger charge is -2.28. The molecule has 1 saturated carbocycles. The van der Waals surface area contributed by atoms with Gasteiger partial charge in [0.1, 0.15) is 6.10 Å². The van der Waals surface area contributed by atoms with Crippen molar-refractivity contribution in [3.63, 3.8) is 0 Å².